The summed E-state index contributed by atoms with van der Waals surface area (Å²) in [5.41, 5.74) is 0.662. The molecule has 0 bridgehead atoms. The first-order chi connectivity index (χ1) is 10.0. The number of ether oxygens (including phenoxy) is 2. The van der Waals surface area contributed by atoms with E-state index in [2.05, 4.69) is 0 Å². The molecule has 3 rings (SSSR count). The van der Waals surface area contributed by atoms with Crippen LogP contribution in [0.4, 0.5) is 0 Å². The van der Waals surface area contributed by atoms with Gasteiger partial charge in [0, 0.05) is 12.5 Å². The maximum atomic E-state index is 11.9. The summed E-state index contributed by atoms with van der Waals surface area (Å²) in [5, 5.41) is 29.0. The molecule has 1 unspecified atom stereocenters. The van der Waals surface area contributed by atoms with Crippen LogP contribution in [0.25, 0.3) is 0 Å². The molecule has 1 aliphatic carbocycles. The fourth-order valence-corrected chi connectivity index (χ4v) is 2.63. The average molecular weight is 290 g/mol. The molecule has 110 valence electrons. The maximum absolute atomic E-state index is 11.9. The monoisotopic (exact) mass is 290 g/mol. The molecule has 1 heterocycles. The summed E-state index contributed by atoms with van der Waals surface area (Å²) < 4.78 is 10.6. The Morgan fingerprint density at radius 3 is 2.71 bits per heavy atom. The number of aliphatic hydroxyl groups is 2. The first kappa shape index (κ1) is 13.4. The van der Waals surface area contributed by atoms with E-state index in [1.54, 1.807) is 12.1 Å². The third-order valence-electron chi connectivity index (χ3n) is 3.71. The summed E-state index contributed by atoms with van der Waals surface area (Å²) in [6.07, 6.45) is 0.802. The predicted octanol–water partition coefficient (Wildman–Crippen LogP) is 2.27. The number of benzene rings is 1. The van der Waals surface area contributed by atoms with Crippen molar-refractivity contribution in [1.82, 2.24) is 0 Å². The minimum absolute atomic E-state index is 0.0287. The topological polar surface area (TPSA) is 96.2 Å². The van der Waals surface area contributed by atoms with Gasteiger partial charge in [0.05, 0.1) is 13.0 Å². The molecule has 0 aromatic heterocycles. The molecular formula is C15H14O6. The molecule has 1 fully saturated rings. The predicted molar refractivity (Wildman–Crippen MR) is 72.0 cm³/mol. The molecule has 0 radical (unpaired) electrons. The largest absolute Gasteiger partial charge is 0.504 e. The van der Waals surface area contributed by atoms with Crippen molar-refractivity contribution in [3.05, 3.63) is 47.1 Å². The van der Waals surface area contributed by atoms with Crippen molar-refractivity contribution in [3.63, 3.8) is 0 Å². The van der Waals surface area contributed by atoms with Gasteiger partial charge in [-0.05, 0) is 17.7 Å². The highest BCUT2D eigenvalue weighted by atomic mass is 16.5. The first-order valence-electron chi connectivity index (χ1n) is 6.43. The van der Waals surface area contributed by atoms with Crippen molar-refractivity contribution in [3.8, 4) is 11.5 Å². The van der Waals surface area contributed by atoms with E-state index in [-0.39, 0.29) is 17.3 Å². The van der Waals surface area contributed by atoms with Gasteiger partial charge in [0.25, 0.3) is 0 Å². The summed E-state index contributed by atoms with van der Waals surface area (Å²) in [4.78, 5) is 11.9. The van der Waals surface area contributed by atoms with Gasteiger partial charge in [-0.3, -0.25) is 4.79 Å². The number of rotatable bonds is 2. The molecule has 21 heavy (non-hydrogen) atoms. The van der Waals surface area contributed by atoms with Crippen LogP contribution in [-0.4, -0.2) is 28.2 Å². The number of phenolic OH excluding ortho intramolecular Hbond substituents is 1. The third-order valence-corrected chi connectivity index (χ3v) is 3.71. The van der Waals surface area contributed by atoms with Gasteiger partial charge in [0.2, 0.25) is 5.78 Å². The van der Waals surface area contributed by atoms with Gasteiger partial charge in [0.15, 0.2) is 23.0 Å². The highest BCUT2D eigenvalue weighted by Gasteiger charge is 2.42. The number of ketones is 1. The third kappa shape index (κ3) is 2.08. The van der Waals surface area contributed by atoms with Crippen LogP contribution in [0.5, 0.6) is 11.5 Å². The number of aliphatic hydroxyl groups excluding tert-OH is 2. The van der Waals surface area contributed by atoms with Crippen LogP contribution in [0.1, 0.15) is 18.1 Å². The Labute approximate surface area is 120 Å². The number of phenols is 1. The Balaban J connectivity index is 1.90. The molecule has 3 N–H and O–H groups in total. The number of aromatic hydroxyl groups is 1. The highest BCUT2D eigenvalue weighted by molar-refractivity contribution is 5.98. The second kappa shape index (κ2) is 4.73. The first-order valence-corrected chi connectivity index (χ1v) is 6.43. The maximum Gasteiger partial charge on any atom is 0.208 e. The zero-order chi connectivity index (χ0) is 15.1. The van der Waals surface area contributed by atoms with Crippen LogP contribution < -0.4 is 4.74 Å². The fraction of sp³-hybridized carbons (Fsp3) is 0.267. The van der Waals surface area contributed by atoms with E-state index in [1.807, 2.05) is 0 Å². The second-order valence-electron chi connectivity index (χ2n) is 4.97. The van der Waals surface area contributed by atoms with E-state index in [0.717, 1.165) is 6.08 Å². The number of carbonyl (C=O) groups is 1. The molecule has 0 spiro atoms. The molecule has 1 aliphatic heterocycles. The Morgan fingerprint density at radius 1 is 1.29 bits per heavy atom. The van der Waals surface area contributed by atoms with E-state index >= 15 is 0 Å². The molecule has 6 nitrogen and oxygen atoms in total. The number of methoxy groups -OCH3 is 1. The van der Waals surface area contributed by atoms with Gasteiger partial charge in [0.1, 0.15) is 11.9 Å². The van der Waals surface area contributed by atoms with E-state index in [9.17, 15) is 20.1 Å². The lowest BCUT2D eigenvalue weighted by Crippen LogP contribution is -2.20. The number of carbonyl (C=O) groups excluding carboxylic acids is 1. The van der Waals surface area contributed by atoms with Crippen molar-refractivity contribution in [2.45, 2.75) is 12.5 Å². The van der Waals surface area contributed by atoms with Crippen molar-refractivity contribution < 1.29 is 29.6 Å². The molecule has 2 aliphatic rings. The highest BCUT2D eigenvalue weighted by Crippen LogP contribution is 2.45. The Kier molecular flexibility index (Phi) is 3.01. The standard InChI is InChI=1S/C15H14O6/c1-20-12-3-2-7(4-9(12)16)13-5-8-14(19)10(17)6-11(18)15(8)21-13/h2-4,6,8,13,16-18H,5H2,1H3/t8?,13-/m0/s1. The molecule has 0 saturated carbocycles. The van der Waals surface area contributed by atoms with Crippen LogP contribution in [0.15, 0.2) is 41.6 Å². The minimum atomic E-state index is -0.691. The molecule has 1 saturated heterocycles. The fourth-order valence-electron chi connectivity index (χ4n) is 2.63. The SMILES string of the molecule is COc1ccc([C@@H]2CC3C(=O)C(O)=CC(O)=C3O2)cc1O. The van der Waals surface area contributed by atoms with E-state index in [0.29, 0.717) is 17.7 Å². The summed E-state index contributed by atoms with van der Waals surface area (Å²) in [6, 6.07) is 4.81. The summed E-state index contributed by atoms with van der Waals surface area (Å²) in [7, 11) is 1.45. The summed E-state index contributed by atoms with van der Waals surface area (Å²) in [5.74, 6) is -1.39. The lowest BCUT2D eigenvalue weighted by Gasteiger charge is -2.14. The van der Waals surface area contributed by atoms with E-state index in [1.165, 1.54) is 13.2 Å². The normalized spacial score (nSPS) is 24.4. The molecule has 2 atom stereocenters. The van der Waals surface area contributed by atoms with Gasteiger partial charge >= 0.3 is 0 Å². The van der Waals surface area contributed by atoms with Crippen molar-refractivity contribution in [1.29, 1.82) is 0 Å². The number of hydrogen-bond donors (Lipinski definition) is 3. The van der Waals surface area contributed by atoms with Gasteiger partial charge in [-0.1, -0.05) is 6.07 Å². The van der Waals surface area contributed by atoms with Crippen molar-refractivity contribution in [2.24, 2.45) is 5.92 Å². The Bertz CT molecular complexity index is 673. The molecule has 6 heteroatoms. The molecule has 0 amide bonds. The van der Waals surface area contributed by atoms with Gasteiger partial charge < -0.3 is 24.8 Å². The second-order valence-corrected chi connectivity index (χ2v) is 4.97. The van der Waals surface area contributed by atoms with Gasteiger partial charge in [-0.2, -0.15) is 0 Å². The molecule has 1 aromatic carbocycles. The Hall–Kier alpha value is -2.63. The van der Waals surface area contributed by atoms with Crippen LogP contribution in [0.3, 0.4) is 0 Å². The lowest BCUT2D eigenvalue weighted by molar-refractivity contribution is -0.121. The van der Waals surface area contributed by atoms with Gasteiger partial charge in [-0.15, -0.1) is 0 Å². The van der Waals surface area contributed by atoms with E-state index in [4.69, 9.17) is 9.47 Å². The van der Waals surface area contributed by atoms with Crippen LogP contribution >= 0.6 is 0 Å². The summed E-state index contributed by atoms with van der Waals surface area (Å²) in [6.45, 7) is 0. The number of Topliss-reactive ketones (excluding diaryl/α,β-unsaturated/α-hetero) is 1. The minimum Gasteiger partial charge on any atom is -0.504 e. The van der Waals surface area contributed by atoms with Crippen LogP contribution in [-0.2, 0) is 9.53 Å². The van der Waals surface area contributed by atoms with E-state index < -0.39 is 23.6 Å². The number of allylic oxidation sites excluding steroid dienone is 3. The smallest absolute Gasteiger partial charge is 0.208 e. The molecular weight excluding hydrogens is 276 g/mol. The zero-order valence-electron chi connectivity index (χ0n) is 11.2. The molecule has 1 aromatic rings. The van der Waals surface area contributed by atoms with Crippen LogP contribution in [0.2, 0.25) is 0 Å². The number of hydrogen-bond acceptors (Lipinski definition) is 6. The lowest BCUT2D eigenvalue weighted by atomic mass is 9.91. The van der Waals surface area contributed by atoms with Crippen molar-refractivity contribution >= 4 is 5.78 Å². The van der Waals surface area contributed by atoms with Crippen molar-refractivity contribution in [2.75, 3.05) is 7.11 Å². The summed E-state index contributed by atoms with van der Waals surface area (Å²) >= 11 is 0. The quantitative estimate of drug-likeness (QED) is 0.773. The zero-order valence-corrected chi connectivity index (χ0v) is 11.2. The van der Waals surface area contributed by atoms with Crippen LogP contribution in [0, 0.1) is 5.92 Å². The Morgan fingerprint density at radius 2 is 2.05 bits per heavy atom. The number of fused-ring (bicyclic) bond motifs is 1. The van der Waals surface area contributed by atoms with Gasteiger partial charge in [-0.25, -0.2) is 0 Å². The average Bonchev–Trinajstić information content (AvgIpc) is 2.90.